The van der Waals surface area contributed by atoms with Gasteiger partial charge < -0.3 is 24.8 Å². The van der Waals surface area contributed by atoms with E-state index in [0.29, 0.717) is 19.7 Å². The van der Waals surface area contributed by atoms with Crippen molar-refractivity contribution in [3.05, 3.63) is 0 Å². The minimum Gasteiger partial charge on any atom is -0.390 e. The largest absolute Gasteiger partial charge is 0.390 e. The summed E-state index contributed by atoms with van der Waals surface area (Å²) in [5.74, 6) is 0. The molecule has 0 heterocycles. The third-order valence-electron chi connectivity index (χ3n) is 2.50. The second kappa shape index (κ2) is 13.2. The molecular formula is C13H30N2O3. The lowest BCUT2D eigenvalue weighted by Crippen LogP contribution is -2.38. The maximum Gasteiger partial charge on any atom is 0.0791 e. The van der Waals surface area contributed by atoms with E-state index in [1.54, 1.807) is 0 Å². The van der Waals surface area contributed by atoms with Gasteiger partial charge >= 0.3 is 0 Å². The maximum atomic E-state index is 9.79. The van der Waals surface area contributed by atoms with Crippen LogP contribution in [0.4, 0.5) is 0 Å². The number of aliphatic hydroxyl groups excluding tert-OH is 1. The van der Waals surface area contributed by atoms with Gasteiger partial charge in [-0.3, -0.25) is 0 Å². The highest BCUT2D eigenvalue weighted by Gasteiger charge is 2.07. The number of likely N-dealkylation sites (N-methyl/N-ethyl adjacent to an activating group) is 1. The highest BCUT2D eigenvalue weighted by Crippen LogP contribution is 1.89. The number of nitrogens with one attached hydrogen (secondary N) is 1. The fourth-order valence-corrected chi connectivity index (χ4v) is 1.54. The third kappa shape index (κ3) is 12.3. The van der Waals surface area contributed by atoms with Crippen molar-refractivity contribution >= 4 is 0 Å². The molecule has 2 N–H and O–H groups in total. The Balaban J connectivity index is 3.32. The lowest BCUT2D eigenvalue weighted by molar-refractivity contribution is 0.0860. The first-order chi connectivity index (χ1) is 8.70. The Morgan fingerprint density at radius 3 is 2.61 bits per heavy atom. The lowest BCUT2D eigenvalue weighted by atomic mass is 10.3. The molecule has 18 heavy (non-hydrogen) atoms. The van der Waals surface area contributed by atoms with Crippen molar-refractivity contribution < 1.29 is 14.6 Å². The molecule has 0 aromatic rings. The third-order valence-corrected chi connectivity index (χ3v) is 2.50. The standard InChI is InChI=1S/C13H30N2O3/c1-4-8-18-9-6-14-11-13(16)12-15(3)7-10-17-5-2/h13-14,16H,4-12H2,1-3H3. The van der Waals surface area contributed by atoms with Crippen molar-refractivity contribution in [2.24, 2.45) is 0 Å². The summed E-state index contributed by atoms with van der Waals surface area (Å²) in [5.41, 5.74) is 0. The summed E-state index contributed by atoms with van der Waals surface area (Å²) in [4.78, 5) is 2.08. The van der Waals surface area contributed by atoms with Crippen LogP contribution in [0.2, 0.25) is 0 Å². The summed E-state index contributed by atoms with van der Waals surface area (Å²) < 4.78 is 10.6. The van der Waals surface area contributed by atoms with E-state index in [1.807, 2.05) is 14.0 Å². The molecule has 0 saturated heterocycles. The molecule has 0 aliphatic heterocycles. The molecule has 0 spiro atoms. The van der Waals surface area contributed by atoms with E-state index >= 15 is 0 Å². The van der Waals surface area contributed by atoms with Crippen LogP contribution in [0.15, 0.2) is 0 Å². The number of rotatable bonds is 13. The quantitative estimate of drug-likeness (QED) is 0.469. The minimum atomic E-state index is -0.345. The molecule has 0 radical (unpaired) electrons. The van der Waals surface area contributed by atoms with E-state index in [2.05, 4.69) is 17.1 Å². The Bertz CT molecular complexity index is 170. The molecule has 0 rings (SSSR count). The Labute approximate surface area is 111 Å². The molecule has 1 atom stereocenters. The Kier molecular flexibility index (Phi) is 13.1. The Hall–Kier alpha value is -0.200. The number of hydrogen-bond acceptors (Lipinski definition) is 5. The maximum absolute atomic E-state index is 9.79. The van der Waals surface area contributed by atoms with E-state index in [4.69, 9.17) is 9.47 Å². The summed E-state index contributed by atoms with van der Waals surface area (Å²) in [6, 6.07) is 0. The lowest BCUT2D eigenvalue weighted by Gasteiger charge is -2.20. The van der Waals surface area contributed by atoms with Gasteiger partial charge in [-0.25, -0.2) is 0 Å². The Morgan fingerprint density at radius 2 is 1.94 bits per heavy atom. The predicted octanol–water partition coefficient (Wildman–Crippen LogP) is 0.332. The second-order valence-electron chi connectivity index (χ2n) is 4.43. The molecule has 0 fully saturated rings. The van der Waals surface area contributed by atoms with Crippen molar-refractivity contribution in [2.45, 2.75) is 26.4 Å². The first-order valence-electron chi connectivity index (χ1n) is 6.93. The van der Waals surface area contributed by atoms with Gasteiger partial charge in [0.2, 0.25) is 0 Å². The zero-order chi connectivity index (χ0) is 13.6. The van der Waals surface area contributed by atoms with E-state index in [1.165, 1.54) is 0 Å². The SMILES string of the molecule is CCCOCCNCC(O)CN(C)CCOCC. The van der Waals surface area contributed by atoms with Crippen LogP contribution < -0.4 is 5.32 Å². The van der Waals surface area contributed by atoms with Gasteiger partial charge in [0.25, 0.3) is 0 Å². The molecule has 0 aliphatic carbocycles. The van der Waals surface area contributed by atoms with E-state index in [0.717, 1.165) is 39.3 Å². The van der Waals surface area contributed by atoms with Gasteiger partial charge in [-0.1, -0.05) is 6.92 Å². The van der Waals surface area contributed by atoms with Crippen LogP contribution in [0, 0.1) is 0 Å². The van der Waals surface area contributed by atoms with Gasteiger partial charge in [0.05, 0.1) is 19.3 Å². The van der Waals surface area contributed by atoms with Crippen LogP contribution in [-0.4, -0.2) is 75.8 Å². The minimum absolute atomic E-state index is 0.345. The van der Waals surface area contributed by atoms with Gasteiger partial charge in [-0.15, -0.1) is 0 Å². The number of aliphatic hydroxyl groups is 1. The van der Waals surface area contributed by atoms with Gasteiger partial charge in [-0.2, -0.15) is 0 Å². The zero-order valence-electron chi connectivity index (χ0n) is 12.2. The van der Waals surface area contributed by atoms with Crippen molar-refractivity contribution in [3.8, 4) is 0 Å². The first-order valence-corrected chi connectivity index (χ1v) is 6.93. The van der Waals surface area contributed by atoms with Gasteiger partial charge in [0.15, 0.2) is 0 Å². The van der Waals surface area contributed by atoms with Crippen LogP contribution in [0.1, 0.15) is 20.3 Å². The monoisotopic (exact) mass is 262 g/mol. The number of hydrogen-bond donors (Lipinski definition) is 2. The first kappa shape index (κ1) is 17.8. The smallest absolute Gasteiger partial charge is 0.0791 e. The van der Waals surface area contributed by atoms with Gasteiger partial charge in [0.1, 0.15) is 0 Å². The van der Waals surface area contributed by atoms with Gasteiger partial charge in [0, 0.05) is 39.4 Å². The molecular weight excluding hydrogens is 232 g/mol. The second-order valence-corrected chi connectivity index (χ2v) is 4.43. The zero-order valence-corrected chi connectivity index (χ0v) is 12.2. The summed E-state index contributed by atoms with van der Waals surface area (Å²) >= 11 is 0. The number of nitrogens with zero attached hydrogens (tertiary/aromatic N) is 1. The number of ether oxygens (including phenoxy) is 2. The molecule has 0 aliphatic rings. The van der Waals surface area contributed by atoms with Crippen LogP contribution in [0.25, 0.3) is 0 Å². The molecule has 110 valence electrons. The molecule has 0 bridgehead atoms. The molecule has 0 saturated carbocycles. The van der Waals surface area contributed by atoms with Crippen molar-refractivity contribution in [3.63, 3.8) is 0 Å². The Morgan fingerprint density at radius 1 is 1.17 bits per heavy atom. The van der Waals surface area contributed by atoms with E-state index < -0.39 is 0 Å². The normalized spacial score (nSPS) is 13.2. The van der Waals surface area contributed by atoms with Crippen LogP contribution >= 0.6 is 0 Å². The summed E-state index contributed by atoms with van der Waals surface area (Å²) in [6.07, 6.45) is 0.704. The fraction of sp³-hybridized carbons (Fsp3) is 1.00. The summed E-state index contributed by atoms with van der Waals surface area (Å²) in [6.45, 7) is 9.97. The van der Waals surface area contributed by atoms with E-state index in [9.17, 15) is 5.11 Å². The van der Waals surface area contributed by atoms with Crippen LogP contribution in [0.3, 0.4) is 0 Å². The molecule has 0 aromatic carbocycles. The average molecular weight is 262 g/mol. The molecule has 1 unspecified atom stereocenters. The molecule has 0 amide bonds. The van der Waals surface area contributed by atoms with Crippen molar-refractivity contribution in [1.82, 2.24) is 10.2 Å². The fourth-order valence-electron chi connectivity index (χ4n) is 1.54. The highest BCUT2D eigenvalue weighted by atomic mass is 16.5. The van der Waals surface area contributed by atoms with Gasteiger partial charge in [-0.05, 0) is 20.4 Å². The predicted molar refractivity (Wildman–Crippen MR) is 74.0 cm³/mol. The average Bonchev–Trinajstić information content (AvgIpc) is 2.34. The van der Waals surface area contributed by atoms with E-state index in [-0.39, 0.29) is 6.10 Å². The van der Waals surface area contributed by atoms with Crippen LogP contribution in [0.5, 0.6) is 0 Å². The van der Waals surface area contributed by atoms with Crippen molar-refractivity contribution in [1.29, 1.82) is 0 Å². The summed E-state index contributed by atoms with van der Waals surface area (Å²) in [5, 5.41) is 13.0. The topological polar surface area (TPSA) is 54.0 Å². The summed E-state index contributed by atoms with van der Waals surface area (Å²) in [7, 11) is 1.99. The molecule has 5 nitrogen and oxygen atoms in total. The highest BCUT2D eigenvalue weighted by molar-refractivity contribution is 4.64. The molecule has 0 aromatic heterocycles. The van der Waals surface area contributed by atoms with Crippen LogP contribution in [-0.2, 0) is 9.47 Å². The molecule has 5 heteroatoms. The van der Waals surface area contributed by atoms with Crippen molar-refractivity contribution in [2.75, 3.05) is 59.7 Å².